The first-order chi connectivity index (χ1) is 9.34. The second-order valence-electron chi connectivity index (χ2n) is 4.23. The van der Waals surface area contributed by atoms with E-state index in [2.05, 4.69) is 5.32 Å². The number of aromatic carboxylic acids is 1. The molecule has 0 saturated carbocycles. The molecule has 0 radical (unpaired) electrons. The molecule has 0 unspecified atom stereocenters. The molecule has 1 aromatic carbocycles. The van der Waals surface area contributed by atoms with E-state index >= 15 is 0 Å². The van der Waals surface area contributed by atoms with Gasteiger partial charge in [-0.2, -0.15) is 0 Å². The first-order valence-corrected chi connectivity index (χ1v) is 5.79. The lowest BCUT2D eigenvalue weighted by Gasteiger charge is -2.12. The van der Waals surface area contributed by atoms with E-state index < -0.39 is 10.9 Å². The molecule has 0 fully saturated rings. The number of nitro benzene ring substituents is 1. The predicted molar refractivity (Wildman–Crippen MR) is 71.9 cm³/mol. The lowest BCUT2D eigenvalue weighted by Crippen LogP contribution is -2.24. The average Bonchev–Trinajstić information content (AvgIpc) is 2.37. The molecule has 8 heteroatoms. The lowest BCUT2D eigenvalue weighted by atomic mass is 10.1. The van der Waals surface area contributed by atoms with Gasteiger partial charge >= 0.3 is 5.97 Å². The van der Waals surface area contributed by atoms with Gasteiger partial charge in [0.05, 0.1) is 10.5 Å². The van der Waals surface area contributed by atoms with E-state index in [4.69, 9.17) is 5.11 Å². The highest BCUT2D eigenvalue weighted by Crippen LogP contribution is 2.28. The van der Waals surface area contributed by atoms with Crippen molar-refractivity contribution in [1.29, 1.82) is 0 Å². The molecule has 20 heavy (non-hydrogen) atoms. The molecule has 8 nitrogen and oxygen atoms in total. The number of carbonyl (C=O) groups excluding carboxylic acids is 1. The number of nitrogens with one attached hydrogen (secondary N) is 1. The molecule has 1 aromatic rings. The summed E-state index contributed by atoms with van der Waals surface area (Å²) in [5.41, 5.74) is -0.615. The number of nitro groups is 1. The molecule has 0 saturated heterocycles. The molecule has 0 aliphatic carbocycles. The van der Waals surface area contributed by atoms with Crippen molar-refractivity contribution in [2.75, 3.05) is 26.0 Å². The van der Waals surface area contributed by atoms with Crippen LogP contribution in [0.4, 0.5) is 11.4 Å². The maximum Gasteiger partial charge on any atom is 0.338 e. The van der Waals surface area contributed by atoms with Gasteiger partial charge in [0, 0.05) is 33.1 Å². The number of hydrogen-bond acceptors (Lipinski definition) is 5. The molecule has 0 heterocycles. The molecule has 1 amide bonds. The van der Waals surface area contributed by atoms with Crippen molar-refractivity contribution in [3.63, 3.8) is 0 Å². The molecule has 0 aromatic heterocycles. The zero-order chi connectivity index (χ0) is 15.3. The highest BCUT2D eigenvalue weighted by Gasteiger charge is 2.21. The van der Waals surface area contributed by atoms with E-state index in [-0.39, 0.29) is 35.8 Å². The molecule has 0 atom stereocenters. The summed E-state index contributed by atoms with van der Waals surface area (Å²) in [6.07, 6.45) is 0.109. The zero-order valence-electron chi connectivity index (χ0n) is 11.1. The van der Waals surface area contributed by atoms with Gasteiger partial charge in [0.1, 0.15) is 5.69 Å². The second-order valence-corrected chi connectivity index (χ2v) is 4.23. The SMILES string of the molecule is CN(C)C(=O)CCNc1c(C(=O)O)cccc1[N+](=O)[O-]. The normalized spacial score (nSPS) is 9.90. The summed E-state index contributed by atoms with van der Waals surface area (Å²) in [4.78, 5) is 34.1. The number of rotatable bonds is 6. The van der Waals surface area contributed by atoms with Crippen molar-refractivity contribution >= 4 is 23.3 Å². The zero-order valence-corrected chi connectivity index (χ0v) is 11.1. The number of carboxylic acid groups (broad SMARTS) is 1. The number of carbonyl (C=O) groups is 2. The van der Waals surface area contributed by atoms with Crippen LogP contribution in [0.25, 0.3) is 0 Å². The minimum absolute atomic E-state index is 0.0865. The largest absolute Gasteiger partial charge is 0.478 e. The molecular weight excluding hydrogens is 266 g/mol. The van der Waals surface area contributed by atoms with Gasteiger partial charge in [-0.25, -0.2) is 4.79 Å². The van der Waals surface area contributed by atoms with Crippen LogP contribution >= 0.6 is 0 Å². The Hall–Kier alpha value is -2.64. The molecule has 1 rings (SSSR count). The van der Waals surface area contributed by atoms with Gasteiger partial charge in [-0.1, -0.05) is 6.07 Å². The van der Waals surface area contributed by atoms with Gasteiger partial charge in [0.25, 0.3) is 5.69 Å². The smallest absolute Gasteiger partial charge is 0.338 e. The van der Waals surface area contributed by atoms with E-state index in [1.165, 1.54) is 23.1 Å². The topological polar surface area (TPSA) is 113 Å². The molecule has 0 spiro atoms. The van der Waals surface area contributed by atoms with Crippen molar-refractivity contribution in [3.05, 3.63) is 33.9 Å². The maximum atomic E-state index is 11.4. The highest BCUT2D eigenvalue weighted by atomic mass is 16.6. The summed E-state index contributed by atoms with van der Waals surface area (Å²) in [5, 5.41) is 22.6. The monoisotopic (exact) mass is 281 g/mol. The van der Waals surface area contributed by atoms with Crippen LogP contribution in [0.2, 0.25) is 0 Å². The number of anilines is 1. The molecule has 0 aliphatic rings. The number of para-hydroxylation sites is 1. The van der Waals surface area contributed by atoms with Crippen LogP contribution in [-0.4, -0.2) is 47.4 Å². The van der Waals surface area contributed by atoms with Crippen molar-refractivity contribution in [2.24, 2.45) is 0 Å². The van der Waals surface area contributed by atoms with Crippen LogP contribution < -0.4 is 5.32 Å². The van der Waals surface area contributed by atoms with Crippen LogP contribution in [0.15, 0.2) is 18.2 Å². The number of benzene rings is 1. The van der Waals surface area contributed by atoms with Crippen LogP contribution in [-0.2, 0) is 4.79 Å². The Balaban J connectivity index is 2.94. The quantitative estimate of drug-likeness (QED) is 0.598. The standard InChI is InChI=1S/C12H15N3O5/c1-14(2)10(16)6-7-13-11-8(12(17)18)4-3-5-9(11)15(19)20/h3-5,13H,6-7H2,1-2H3,(H,17,18). The summed E-state index contributed by atoms with van der Waals surface area (Å²) in [7, 11) is 3.19. The van der Waals surface area contributed by atoms with Gasteiger partial charge < -0.3 is 15.3 Å². The number of hydrogen-bond donors (Lipinski definition) is 2. The van der Waals surface area contributed by atoms with E-state index in [0.717, 1.165) is 0 Å². The van der Waals surface area contributed by atoms with Crippen molar-refractivity contribution in [2.45, 2.75) is 6.42 Å². The summed E-state index contributed by atoms with van der Waals surface area (Å²) in [5.74, 6) is -1.43. The van der Waals surface area contributed by atoms with E-state index in [0.29, 0.717) is 0 Å². The Morgan fingerprint density at radius 1 is 1.40 bits per heavy atom. The summed E-state index contributed by atoms with van der Waals surface area (Å²) >= 11 is 0. The average molecular weight is 281 g/mol. The molecule has 0 aliphatic heterocycles. The number of nitrogens with zero attached hydrogens (tertiary/aromatic N) is 2. The summed E-state index contributed by atoms with van der Waals surface area (Å²) in [6.45, 7) is 0.113. The Labute approximate surface area is 115 Å². The Bertz CT molecular complexity index is 510. The fourth-order valence-corrected chi connectivity index (χ4v) is 1.57. The minimum atomic E-state index is -1.27. The third-order valence-corrected chi connectivity index (χ3v) is 2.61. The van der Waals surface area contributed by atoms with E-state index in [9.17, 15) is 19.7 Å². The minimum Gasteiger partial charge on any atom is -0.478 e. The van der Waals surface area contributed by atoms with Crippen molar-refractivity contribution in [3.8, 4) is 0 Å². The second kappa shape index (κ2) is 6.50. The molecule has 108 valence electrons. The fourth-order valence-electron chi connectivity index (χ4n) is 1.57. The highest BCUT2D eigenvalue weighted by molar-refractivity contribution is 5.96. The van der Waals surface area contributed by atoms with Gasteiger partial charge in [-0.15, -0.1) is 0 Å². The Kier molecular flexibility index (Phi) is 5.01. The summed E-state index contributed by atoms with van der Waals surface area (Å²) < 4.78 is 0. The van der Waals surface area contributed by atoms with Gasteiger partial charge in [0.15, 0.2) is 0 Å². The third-order valence-electron chi connectivity index (χ3n) is 2.61. The Morgan fingerprint density at radius 2 is 2.05 bits per heavy atom. The Morgan fingerprint density at radius 3 is 2.55 bits per heavy atom. The van der Waals surface area contributed by atoms with Crippen molar-refractivity contribution < 1.29 is 19.6 Å². The van der Waals surface area contributed by atoms with Crippen LogP contribution in [0.5, 0.6) is 0 Å². The summed E-state index contributed by atoms with van der Waals surface area (Å²) in [6, 6.07) is 3.78. The lowest BCUT2D eigenvalue weighted by molar-refractivity contribution is -0.384. The van der Waals surface area contributed by atoms with Gasteiger partial charge in [-0.3, -0.25) is 14.9 Å². The van der Waals surface area contributed by atoms with Gasteiger partial charge in [-0.05, 0) is 6.07 Å². The first kappa shape index (κ1) is 15.4. The van der Waals surface area contributed by atoms with E-state index in [1.54, 1.807) is 14.1 Å². The molecule has 2 N–H and O–H groups in total. The predicted octanol–water partition coefficient (Wildman–Crippen LogP) is 1.18. The van der Waals surface area contributed by atoms with Crippen LogP contribution in [0.3, 0.4) is 0 Å². The number of carboxylic acids is 1. The molecular formula is C12H15N3O5. The number of amides is 1. The third kappa shape index (κ3) is 3.67. The van der Waals surface area contributed by atoms with E-state index in [1.807, 2.05) is 0 Å². The van der Waals surface area contributed by atoms with Crippen LogP contribution in [0, 0.1) is 10.1 Å². The molecule has 0 bridgehead atoms. The first-order valence-electron chi connectivity index (χ1n) is 5.79. The van der Waals surface area contributed by atoms with Crippen molar-refractivity contribution in [1.82, 2.24) is 4.90 Å². The fraction of sp³-hybridized carbons (Fsp3) is 0.333. The van der Waals surface area contributed by atoms with Gasteiger partial charge in [0.2, 0.25) is 5.91 Å². The van der Waals surface area contributed by atoms with Crippen LogP contribution in [0.1, 0.15) is 16.8 Å². The maximum absolute atomic E-state index is 11.4.